The minimum atomic E-state index is -0.400. The standard InChI is InChI=1S/C35H39N5O/c1-23-24(2)40-32(35(6,7)31-18-25(16-17-36-31)34(3,4)5)20-28(21-33(40)37-23)41-27-13-11-12-26(19-27)39-22-38(8)29-14-9-10-15-30(29)39/h9-21H,22H2,1-8H3. The molecule has 0 radical (unpaired) electrons. The van der Waals surface area contributed by atoms with E-state index in [1.165, 1.54) is 16.9 Å². The first kappa shape index (κ1) is 26.9. The number of aromatic nitrogens is 3. The van der Waals surface area contributed by atoms with Crippen LogP contribution < -0.4 is 14.5 Å². The Morgan fingerprint density at radius 3 is 2.32 bits per heavy atom. The van der Waals surface area contributed by atoms with Gasteiger partial charge in [-0.15, -0.1) is 0 Å². The van der Waals surface area contributed by atoms with Gasteiger partial charge in [-0.25, -0.2) is 4.98 Å². The molecule has 3 aromatic heterocycles. The number of benzene rings is 2. The summed E-state index contributed by atoms with van der Waals surface area (Å²) in [6.45, 7) is 16.2. The van der Waals surface area contributed by atoms with Gasteiger partial charge < -0.3 is 14.5 Å². The van der Waals surface area contributed by atoms with Crippen LogP contribution in [0.4, 0.5) is 17.1 Å². The fourth-order valence-corrected chi connectivity index (χ4v) is 5.75. The van der Waals surface area contributed by atoms with Gasteiger partial charge in [0.05, 0.1) is 29.4 Å². The summed E-state index contributed by atoms with van der Waals surface area (Å²) >= 11 is 0. The van der Waals surface area contributed by atoms with E-state index in [1.54, 1.807) is 0 Å². The third-order valence-electron chi connectivity index (χ3n) is 8.37. The van der Waals surface area contributed by atoms with Crippen molar-refractivity contribution in [1.82, 2.24) is 14.4 Å². The minimum Gasteiger partial charge on any atom is -0.457 e. The van der Waals surface area contributed by atoms with Crippen LogP contribution in [-0.2, 0) is 10.8 Å². The van der Waals surface area contributed by atoms with Crippen molar-refractivity contribution in [3.63, 3.8) is 0 Å². The molecule has 0 saturated carbocycles. The van der Waals surface area contributed by atoms with Crippen LogP contribution in [0.3, 0.4) is 0 Å². The van der Waals surface area contributed by atoms with Crippen molar-refractivity contribution in [1.29, 1.82) is 0 Å². The smallest absolute Gasteiger partial charge is 0.141 e. The quantitative estimate of drug-likeness (QED) is 0.222. The lowest BCUT2D eigenvalue weighted by Gasteiger charge is -2.29. The van der Waals surface area contributed by atoms with Gasteiger partial charge in [0, 0.05) is 53.9 Å². The van der Waals surface area contributed by atoms with Crippen molar-refractivity contribution in [2.24, 2.45) is 0 Å². The second-order valence-corrected chi connectivity index (χ2v) is 12.7. The fraction of sp³-hybridized carbons (Fsp3) is 0.314. The fourth-order valence-electron chi connectivity index (χ4n) is 5.75. The third kappa shape index (κ3) is 4.71. The normalized spacial score (nSPS) is 13.7. The van der Waals surface area contributed by atoms with Crippen LogP contribution in [0, 0.1) is 13.8 Å². The molecule has 0 unspecified atom stereocenters. The van der Waals surface area contributed by atoms with E-state index in [2.05, 4.69) is 130 Å². The first-order chi connectivity index (χ1) is 19.4. The number of aryl methyl sites for hydroxylation is 2. The summed E-state index contributed by atoms with van der Waals surface area (Å²) in [5, 5.41) is 0. The van der Waals surface area contributed by atoms with Crippen LogP contribution in [0.25, 0.3) is 5.65 Å². The van der Waals surface area contributed by atoms with Crippen molar-refractivity contribution in [3.8, 4) is 11.5 Å². The molecular weight excluding hydrogens is 506 g/mol. The van der Waals surface area contributed by atoms with E-state index in [4.69, 9.17) is 14.7 Å². The van der Waals surface area contributed by atoms with Gasteiger partial charge in [0.25, 0.3) is 0 Å². The van der Waals surface area contributed by atoms with Crippen molar-refractivity contribution in [2.45, 2.75) is 59.3 Å². The molecule has 5 aromatic rings. The molecule has 0 aliphatic carbocycles. The van der Waals surface area contributed by atoms with Gasteiger partial charge in [0.15, 0.2) is 0 Å². The molecule has 1 aliphatic rings. The van der Waals surface area contributed by atoms with Gasteiger partial charge in [-0.2, -0.15) is 0 Å². The molecule has 0 amide bonds. The van der Waals surface area contributed by atoms with Crippen molar-refractivity contribution < 1.29 is 4.74 Å². The zero-order valence-corrected chi connectivity index (χ0v) is 25.4. The lowest BCUT2D eigenvalue weighted by molar-refractivity contribution is 0.477. The third-order valence-corrected chi connectivity index (χ3v) is 8.37. The topological polar surface area (TPSA) is 45.9 Å². The Kier molecular flexibility index (Phi) is 6.33. The zero-order chi connectivity index (χ0) is 29.1. The first-order valence-electron chi connectivity index (χ1n) is 14.3. The average Bonchev–Trinajstić information content (AvgIpc) is 3.43. The molecule has 6 heteroatoms. The summed E-state index contributed by atoms with van der Waals surface area (Å²) in [6, 6.07) is 25.4. The number of ether oxygens (including phenoxy) is 1. The van der Waals surface area contributed by atoms with E-state index < -0.39 is 5.41 Å². The summed E-state index contributed by atoms with van der Waals surface area (Å²) < 4.78 is 8.84. The molecule has 0 bridgehead atoms. The number of nitrogens with zero attached hydrogens (tertiary/aromatic N) is 5. The highest BCUT2D eigenvalue weighted by atomic mass is 16.5. The summed E-state index contributed by atoms with van der Waals surface area (Å²) in [5.74, 6) is 1.55. The van der Waals surface area contributed by atoms with E-state index >= 15 is 0 Å². The Morgan fingerprint density at radius 2 is 1.56 bits per heavy atom. The molecule has 210 valence electrons. The highest BCUT2D eigenvalue weighted by Gasteiger charge is 2.31. The Bertz CT molecular complexity index is 1760. The number of rotatable bonds is 5. The van der Waals surface area contributed by atoms with E-state index in [0.717, 1.165) is 52.3 Å². The highest BCUT2D eigenvalue weighted by Crippen LogP contribution is 2.41. The van der Waals surface area contributed by atoms with Gasteiger partial charge in [0.1, 0.15) is 17.1 Å². The minimum absolute atomic E-state index is 0.0330. The van der Waals surface area contributed by atoms with E-state index in [1.807, 2.05) is 18.3 Å². The van der Waals surface area contributed by atoms with Crippen molar-refractivity contribution >= 4 is 22.7 Å². The second kappa shape index (κ2) is 9.65. The van der Waals surface area contributed by atoms with Crippen molar-refractivity contribution in [2.75, 3.05) is 23.5 Å². The Morgan fingerprint density at radius 1 is 0.805 bits per heavy atom. The summed E-state index contributed by atoms with van der Waals surface area (Å²) in [6.07, 6.45) is 1.93. The Hall–Kier alpha value is -4.32. The van der Waals surface area contributed by atoms with Crippen molar-refractivity contribution in [3.05, 3.63) is 107 Å². The average molecular weight is 546 g/mol. The summed E-state index contributed by atoms with van der Waals surface area (Å²) in [7, 11) is 2.12. The molecule has 6 rings (SSSR count). The molecule has 0 atom stereocenters. The van der Waals surface area contributed by atoms with E-state index in [-0.39, 0.29) is 5.41 Å². The highest BCUT2D eigenvalue weighted by molar-refractivity contribution is 5.82. The van der Waals surface area contributed by atoms with E-state index in [9.17, 15) is 0 Å². The number of pyridine rings is 2. The molecule has 0 N–H and O–H groups in total. The van der Waals surface area contributed by atoms with Crippen LogP contribution in [0.5, 0.6) is 11.5 Å². The van der Waals surface area contributed by atoms with Gasteiger partial charge >= 0.3 is 0 Å². The van der Waals surface area contributed by atoms with Gasteiger partial charge in [-0.3, -0.25) is 9.38 Å². The predicted octanol–water partition coefficient (Wildman–Crippen LogP) is 8.31. The van der Waals surface area contributed by atoms with Crippen LogP contribution >= 0.6 is 0 Å². The maximum Gasteiger partial charge on any atom is 0.141 e. The van der Waals surface area contributed by atoms with E-state index in [0.29, 0.717) is 0 Å². The molecule has 0 spiro atoms. The molecule has 0 saturated heterocycles. The lowest BCUT2D eigenvalue weighted by atomic mass is 9.80. The Labute approximate surface area is 243 Å². The van der Waals surface area contributed by atoms with Crippen LogP contribution in [0.15, 0.2) is 79.0 Å². The second-order valence-electron chi connectivity index (χ2n) is 12.7. The Balaban J connectivity index is 1.41. The first-order valence-corrected chi connectivity index (χ1v) is 14.3. The predicted molar refractivity (Wildman–Crippen MR) is 168 cm³/mol. The summed E-state index contributed by atoms with van der Waals surface area (Å²) in [4.78, 5) is 14.3. The monoisotopic (exact) mass is 545 g/mol. The molecular formula is C35H39N5O. The van der Waals surface area contributed by atoms with Gasteiger partial charge in [-0.05, 0) is 75.1 Å². The number of imidazole rings is 1. The SMILES string of the molecule is Cc1nc2cc(Oc3cccc(N4CN(C)c5ccccc54)c3)cc(C(C)(C)c3cc(C(C)(C)C)ccn3)n2c1C. The number of hydrogen-bond acceptors (Lipinski definition) is 5. The number of fused-ring (bicyclic) bond motifs is 2. The number of hydrogen-bond donors (Lipinski definition) is 0. The largest absolute Gasteiger partial charge is 0.457 e. The molecule has 1 aliphatic heterocycles. The van der Waals surface area contributed by atoms with Gasteiger partial charge in [-0.1, -0.05) is 39.0 Å². The molecule has 4 heterocycles. The maximum absolute atomic E-state index is 6.59. The van der Waals surface area contributed by atoms with Crippen LogP contribution in [0.2, 0.25) is 0 Å². The zero-order valence-electron chi connectivity index (χ0n) is 25.4. The molecule has 2 aromatic carbocycles. The lowest BCUT2D eigenvalue weighted by Crippen LogP contribution is -2.25. The maximum atomic E-state index is 6.59. The molecule has 41 heavy (non-hydrogen) atoms. The molecule has 6 nitrogen and oxygen atoms in total. The van der Waals surface area contributed by atoms with Crippen LogP contribution in [-0.4, -0.2) is 28.1 Å². The number of para-hydroxylation sites is 2. The molecule has 0 fully saturated rings. The van der Waals surface area contributed by atoms with Crippen LogP contribution in [0.1, 0.15) is 63.0 Å². The number of anilines is 3. The summed E-state index contributed by atoms with van der Waals surface area (Å²) in [5.41, 5.74) is 9.54. The van der Waals surface area contributed by atoms with Gasteiger partial charge in [0.2, 0.25) is 0 Å².